The van der Waals surface area contributed by atoms with E-state index in [-0.39, 0.29) is 6.07 Å². The molecule has 16 heavy (non-hydrogen) atoms. The van der Waals surface area contributed by atoms with Crippen LogP contribution in [0.15, 0.2) is 10.9 Å². The van der Waals surface area contributed by atoms with Gasteiger partial charge in [-0.1, -0.05) is 0 Å². The van der Waals surface area contributed by atoms with Gasteiger partial charge < -0.3 is 4.98 Å². The summed E-state index contributed by atoms with van der Waals surface area (Å²) in [6.45, 7) is 0. The van der Waals surface area contributed by atoms with Gasteiger partial charge in [0.05, 0.1) is 5.88 Å². The second-order valence-corrected chi connectivity index (χ2v) is 3.15. The van der Waals surface area contributed by atoms with E-state index in [1.165, 1.54) is 4.98 Å². The van der Waals surface area contributed by atoms with Gasteiger partial charge in [-0.05, 0) is 6.07 Å². The minimum atomic E-state index is -4.88. The van der Waals surface area contributed by atoms with Crippen molar-refractivity contribution >= 4 is 11.6 Å². The van der Waals surface area contributed by atoms with Crippen molar-refractivity contribution in [2.45, 2.75) is 18.5 Å². The molecule has 0 atom stereocenters. The molecule has 8 heteroatoms. The summed E-state index contributed by atoms with van der Waals surface area (Å²) < 4.78 is 61.4. The Hall–Kier alpha value is -1.11. The smallest absolute Gasteiger partial charge is 0.318 e. The molecular weight excluding hydrogens is 257 g/mol. The Morgan fingerprint density at radius 2 is 1.94 bits per heavy atom. The van der Waals surface area contributed by atoms with Gasteiger partial charge in [0.25, 0.3) is 12.0 Å². The molecule has 1 rings (SSSR count). The molecule has 1 aromatic rings. The topological polar surface area (TPSA) is 32.9 Å². The van der Waals surface area contributed by atoms with Crippen molar-refractivity contribution in [1.29, 1.82) is 0 Å². The Balaban J connectivity index is 3.46. The fraction of sp³-hybridized carbons (Fsp3) is 0.375. The number of alkyl halides is 6. The Morgan fingerprint density at radius 1 is 1.38 bits per heavy atom. The molecule has 0 aliphatic rings. The molecule has 0 fully saturated rings. The standard InChI is InChI=1S/C8H5ClF5NO/c9-2-4-3(6(10)11)1-5(8(12,13)14)15-7(4)16/h1,6H,2H2,(H,15,16). The van der Waals surface area contributed by atoms with Crippen LogP contribution in [-0.2, 0) is 12.1 Å². The lowest BCUT2D eigenvalue weighted by atomic mass is 10.1. The monoisotopic (exact) mass is 261 g/mol. The highest BCUT2D eigenvalue weighted by Crippen LogP contribution is 2.30. The zero-order chi connectivity index (χ0) is 12.5. The van der Waals surface area contributed by atoms with Crippen LogP contribution in [-0.4, -0.2) is 4.98 Å². The minimum absolute atomic E-state index is 0.198. The molecule has 2 nitrogen and oxygen atoms in total. The molecule has 0 spiro atoms. The Bertz CT molecular complexity index is 439. The first kappa shape index (κ1) is 13.0. The van der Waals surface area contributed by atoms with Crippen LogP contribution < -0.4 is 5.56 Å². The first-order valence-corrected chi connectivity index (χ1v) is 4.48. The Kier molecular flexibility index (Phi) is 3.57. The molecule has 1 N–H and O–H groups in total. The highest BCUT2D eigenvalue weighted by atomic mass is 35.5. The number of aromatic nitrogens is 1. The van der Waals surface area contributed by atoms with Crippen molar-refractivity contribution in [3.05, 3.63) is 33.2 Å². The molecule has 0 aliphatic heterocycles. The van der Waals surface area contributed by atoms with Crippen molar-refractivity contribution in [3.8, 4) is 0 Å². The number of hydrogen-bond acceptors (Lipinski definition) is 1. The number of H-pyrrole nitrogens is 1. The van der Waals surface area contributed by atoms with E-state index in [0.29, 0.717) is 0 Å². The third-order valence-electron chi connectivity index (χ3n) is 1.84. The summed E-state index contributed by atoms with van der Waals surface area (Å²) in [5.74, 6) is -0.576. The van der Waals surface area contributed by atoms with Crippen LogP contribution in [0.1, 0.15) is 23.2 Å². The average Bonchev–Trinajstić information content (AvgIpc) is 2.14. The third kappa shape index (κ3) is 2.52. The van der Waals surface area contributed by atoms with Gasteiger partial charge in [0, 0.05) is 11.1 Å². The van der Waals surface area contributed by atoms with Crippen LogP contribution in [0.2, 0.25) is 0 Å². The van der Waals surface area contributed by atoms with E-state index < -0.39 is 40.9 Å². The van der Waals surface area contributed by atoms with Crippen LogP contribution in [0.25, 0.3) is 0 Å². The van der Waals surface area contributed by atoms with Crippen molar-refractivity contribution in [3.63, 3.8) is 0 Å². The van der Waals surface area contributed by atoms with Crippen LogP contribution in [0.3, 0.4) is 0 Å². The van der Waals surface area contributed by atoms with Gasteiger partial charge in [0.2, 0.25) is 0 Å². The maximum atomic E-state index is 12.4. The molecule has 1 heterocycles. The summed E-state index contributed by atoms with van der Waals surface area (Å²) in [6, 6.07) is 0.198. The largest absolute Gasteiger partial charge is 0.431 e. The summed E-state index contributed by atoms with van der Waals surface area (Å²) in [4.78, 5) is 12.5. The van der Waals surface area contributed by atoms with E-state index >= 15 is 0 Å². The first-order chi connectivity index (χ1) is 7.27. The molecule has 1 aromatic heterocycles. The van der Waals surface area contributed by atoms with Gasteiger partial charge >= 0.3 is 6.18 Å². The first-order valence-electron chi connectivity index (χ1n) is 3.94. The number of halogens is 6. The SMILES string of the molecule is O=c1[nH]c(C(F)(F)F)cc(C(F)F)c1CCl. The average molecular weight is 262 g/mol. The van der Waals surface area contributed by atoms with Gasteiger partial charge in [-0.25, -0.2) is 8.78 Å². The predicted octanol–water partition coefficient (Wildman–Crippen LogP) is 3.07. The number of aromatic amines is 1. The van der Waals surface area contributed by atoms with E-state index in [0.717, 1.165) is 0 Å². The second-order valence-electron chi connectivity index (χ2n) is 2.88. The van der Waals surface area contributed by atoms with Gasteiger partial charge in [-0.15, -0.1) is 11.6 Å². The number of rotatable bonds is 2. The van der Waals surface area contributed by atoms with Crippen LogP contribution in [0.4, 0.5) is 22.0 Å². The Morgan fingerprint density at radius 3 is 2.31 bits per heavy atom. The molecule has 0 aromatic carbocycles. The molecule has 0 saturated carbocycles. The number of nitrogens with one attached hydrogen (secondary N) is 1. The number of hydrogen-bond donors (Lipinski definition) is 1. The lowest BCUT2D eigenvalue weighted by molar-refractivity contribution is -0.141. The predicted molar refractivity (Wildman–Crippen MR) is 46.6 cm³/mol. The molecular formula is C8H5ClF5NO. The lowest BCUT2D eigenvalue weighted by Gasteiger charge is -2.10. The van der Waals surface area contributed by atoms with E-state index in [9.17, 15) is 26.7 Å². The second kappa shape index (κ2) is 4.40. The highest BCUT2D eigenvalue weighted by molar-refractivity contribution is 6.17. The minimum Gasteiger partial charge on any atom is -0.318 e. The van der Waals surface area contributed by atoms with Crippen LogP contribution >= 0.6 is 11.6 Å². The normalized spacial score (nSPS) is 12.2. The van der Waals surface area contributed by atoms with Crippen molar-refractivity contribution < 1.29 is 22.0 Å². The van der Waals surface area contributed by atoms with Gasteiger partial charge in [-0.2, -0.15) is 13.2 Å². The molecule has 0 saturated heterocycles. The zero-order valence-corrected chi connectivity index (χ0v) is 8.29. The molecule has 0 radical (unpaired) electrons. The van der Waals surface area contributed by atoms with Crippen LogP contribution in [0, 0.1) is 0 Å². The van der Waals surface area contributed by atoms with Gasteiger partial charge in [-0.3, -0.25) is 4.79 Å². The van der Waals surface area contributed by atoms with Crippen LogP contribution in [0.5, 0.6) is 0 Å². The fourth-order valence-corrected chi connectivity index (χ4v) is 1.37. The van der Waals surface area contributed by atoms with E-state index in [4.69, 9.17) is 11.6 Å². The third-order valence-corrected chi connectivity index (χ3v) is 2.11. The highest BCUT2D eigenvalue weighted by Gasteiger charge is 2.34. The quantitative estimate of drug-likeness (QED) is 0.644. The zero-order valence-electron chi connectivity index (χ0n) is 7.54. The maximum Gasteiger partial charge on any atom is 0.431 e. The van der Waals surface area contributed by atoms with E-state index in [1.54, 1.807) is 0 Å². The lowest BCUT2D eigenvalue weighted by Crippen LogP contribution is -2.21. The molecule has 0 bridgehead atoms. The van der Waals surface area contributed by atoms with Gasteiger partial charge in [0.15, 0.2) is 0 Å². The summed E-state index contributed by atoms with van der Waals surface area (Å²) in [7, 11) is 0. The van der Waals surface area contributed by atoms with E-state index in [1.807, 2.05) is 0 Å². The number of pyridine rings is 1. The van der Waals surface area contributed by atoms with Gasteiger partial charge in [0.1, 0.15) is 5.69 Å². The Labute approximate surface area is 91.0 Å². The maximum absolute atomic E-state index is 12.4. The van der Waals surface area contributed by atoms with Crippen molar-refractivity contribution in [1.82, 2.24) is 4.98 Å². The summed E-state index contributed by atoms with van der Waals surface area (Å²) in [5.41, 5.74) is -4.31. The molecule has 0 unspecified atom stereocenters. The molecule has 0 amide bonds. The van der Waals surface area contributed by atoms with Crippen molar-refractivity contribution in [2.24, 2.45) is 0 Å². The van der Waals surface area contributed by atoms with E-state index in [2.05, 4.69) is 0 Å². The summed E-state index contributed by atoms with van der Waals surface area (Å²) in [5, 5.41) is 0. The fourth-order valence-electron chi connectivity index (χ4n) is 1.09. The molecule has 0 aliphatic carbocycles. The molecule has 90 valence electrons. The van der Waals surface area contributed by atoms with Crippen molar-refractivity contribution in [2.75, 3.05) is 0 Å². The summed E-state index contributed by atoms with van der Waals surface area (Å²) in [6.07, 6.45) is -8.06. The summed E-state index contributed by atoms with van der Waals surface area (Å²) >= 11 is 5.21.